The maximum Gasteiger partial charge on any atom is 0.330 e. The number of imide groups is 2. The fourth-order valence-corrected chi connectivity index (χ4v) is 3.85. The van der Waals surface area contributed by atoms with Gasteiger partial charge >= 0.3 is 6.03 Å². The van der Waals surface area contributed by atoms with Gasteiger partial charge in [-0.3, -0.25) is 19.8 Å². The van der Waals surface area contributed by atoms with E-state index in [0.29, 0.717) is 31.2 Å². The van der Waals surface area contributed by atoms with Crippen LogP contribution in [0.1, 0.15) is 51.9 Å². The summed E-state index contributed by atoms with van der Waals surface area (Å²) in [7, 11) is 0. The molecule has 1 aliphatic heterocycles. The van der Waals surface area contributed by atoms with Crippen LogP contribution in [0, 0.1) is 17.3 Å². The Morgan fingerprint density at radius 1 is 1.20 bits per heavy atom. The van der Waals surface area contributed by atoms with Crippen molar-refractivity contribution in [1.29, 1.82) is 0 Å². The van der Waals surface area contributed by atoms with Crippen molar-refractivity contribution in [2.45, 2.75) is 51.9 Å². The van der Waals surface area contributed by atoms with E-state index < -0.39 is 11.4 Å². The minimum Gasteiger partial charge on any atom is -0.277 e. The van der Waals surface area contributed by atoms with Gasteiger partial charge in [-0.2, -0.15) is 0 Å². The highest BCUT2D eigenvalue weighted by Gasteiger charge is 2.57. The van der Waals surface area contributed by atoms with Crippen molar-refractivity contribution in [2.75, 3.05) is 6.54 Å². The molecular weight excluding hydrogens is 256 g/mol. The van der Waals surface area contributed by atoms with Gasteiger partial charge in [0, 0.05) is 6.54 Å². The van der Waals surface area contributed by atoms with Crippen LogP contribution in [0.2, 0.25) is 0 Å². The highest BCUT2D eigenvalue weighted by molar-refractivity contribution is 6.19. The van der Waals surface area contributed by atoms with Crippen LogP contribution in [-0.4, -0.2) is 29.3 Å². The van der Waals surface area contributed by atoms with E-state index in [1.54, 1.807) is 0 Å². The summed E-state index contributed by atoms with van der Waals surface area (Å²) in [6.45, 7) is 2.70. The summed E-state index contributed by atoms with van der Waals surface area (Å²) in [5.41, 5.74) is -0.922. The molecule has 20 heavy (non-hydrogen) atoms. The van der Waals surface area contributed by atoms with E-state index in [1.165, 1.54) is 17.7 Å². The van der Waals surface area contributed by atoms with Crippen molar-refractivity contribution in [3.63, 3.8) is 0 Å². The van der Waals surface area contributed by atoms with Crippen LogP contribution >= 0.6 is 0 Å². The van der Waals surface area contributed by atoms with E-state index >= 15 is 0 Å². The smallest absolute Gasteiger partial charge is 0.277 e. The summed E-state index contributed by atoms with van der Waals surface area (Å²) in [4.78, 5) is 37.8. The summed E-state index contributed by atoms with van der Waals surface area (Å²) in [6.07, 6.45) is 6.60. The van der Waals surface area contributed by atoms with E-state index in [2.05, 4.69) is 12.2 Å². The number of urea groups is 1. The largest absolute Gasteiger partial charge is 0.330 e. The zero-order valence-corrected chi connectivity index (χ0v) is 12.0. The van der Waals surface area contributed by atoms with Crippen molar-refractivity contribution in [3.8, 4) is 0 Å². The first kappa shape index (κ1) is 13.6. The quantitative estimate of drug-likeness (QED) is 0.786. The second-order valence-corrected chi connectivity index (χ2v) is 6.75. The van der Waals surface area contributed by atoms with Crippen molar-refractivity contribution >= 4 is 17.8 Å². The van der Waals surface area contributed by atoms with Crippen LogP contribution in [0.25, 0.3) is 0 Å². The molecule has 4 amide bonds. The maximum atomic E-state index is 12.5. The molecule has 1 saturated heterocycles. The molecule has 0 radical (unpaired) electrons. The number of amides is 4. The molecule has 110 valence electrons. The lowest BCUT2D eigenvalue weighted by Gasteiger charge is -2.45. The van der Waals surface area contributed by atoms with E-state index in [9.17, 15) is 14.4 Å². The standard InChI is InChI=1S/C15H22N2O3/c1-10-4-2-5-11(8-10)9-17-13(19)15(6-3-7-15)12(18)16-14(17)20/h10-11H,2-9H2,1H3,(H,16,18,20). The van der Waals surface area contributed by atoms with Crippen LogP contribution < -0.4 is 5.32 Å². The predicted molar refractivity (Wildman–Crippen MR) is 72.7 cm³/mol. The molecule has 5 nitrogen and oxygen atoms in total. The molecule has 0 aromatic rings. The predicted octanol–water partition coefficient (Wildman–Crippen LogP) is 2.06. The lowest BCUT2D eigenvalue weighted by Crippen LogP contribution is -2.66. The highest BCUT2D eigenvalue weighted by Crippen LogP contribution is 2.44. The summed E-state index contributed by atoms with van der Waals surface area (Å²) in [6, 6.07) is -0.518. The Hall–Kier alpha value is -1.39. The first-order chi connectivity index (χ1) is 9.53. The van der Waals surface area contributed by atoms with Gasteiger partial charge in [-0.05, 0) is 37.5 Å². The maximum absolute atomic E-state index is 12.5. The molecule has 0 bridgehead atoms. The van der Waals surface area contributed by atoms with Crippen molar-refractivity contribution in [2.24, 2.45) is 17.3 Å². The zero-order valence-electron chi connectivity index (χ0n) is 12.0. The molecule has 2 atom stereocenters. The summed E-state index contributed by atoms with van der Waals surface area (Å²) < 4.78 is 0. The molecule has 0 aromatic heterocycles. The molecule has 1 heterocycles. The number of nitrogens with one attached hydrogen (secondary N) is 1. The Labute approximate surface area is 119 Å². The number of hydrogen-bond donors (Lipinski definition) is 1. The fourth-order valence-electron chi connectivity index (χ4n) is 3.85. The molecular formula is C15H22N2O3. The van der Waals surface area contributed by atoms with Crippen molar-refractivity contribution in [3.05, 3.63) is 0 Å². The molecule has 2 aliphatic carbocycles. The number of hydrogen-bond acceptors (Lipinski definition) is 3. The van der Waals surface area contributed by atoms with Gasteiger partial charge in [-0.1, -0.05) is 26.2 Å². The Balaban J connectivity index is 1.73. The highest BCUT2D eigenvalue weighted by atomic mass is 16.2. The molecule has 1 spiro atoms. The van der Waals surface area contributed by atoms with Gasteiger partial charge in [0.25, 0.3) is 0 Å². The average molecular weight is 278 g/mol. The van der Waals surface area contributed by atoms with Crippen LogP contribution in [-0.2, 0) is 9.59 Å². The SMILES string of the molecule is CC1CCCC(CN2C(=O)NC(=O)C3(CCC3)C2=O)C1. The number of barbiturate groups is 1. The summed E-state index contributed by atoms with van der Waals surface area (Å²) in [5, 5.41) is 2.38. The third-order valence-corrected chi connectivity index (χ3v) is 5.25. The summed E-state index contributed by atoms with van der Waals surface area (Å²) in [5.74, 6) is 0.414. The van der Waals surface area contributed by atoms with Gasteiger partial charge in [0.15, 0.2) is 0 Å². The zero-order chi connectivity index (χ0) is 14.3. The van der Waals surface area contributed by atoms with Gasteiger partial charge < -0.3 is 0 Å². The first-order valence-electron chi connectivity index (χ1n) is 7.70. The molecule has 5 heteroatoms. The van der Waals surface area contributed by atoms with Gasteiger partial charge in [0.05, 0.1) is 0 Å². The van der Waals surface area contributed by atoms with Crippen LogP contribution in [0.15, 0.2) is 0 Å². The Morgan fingerprint density at radius 2 is 1.95 bits per heavy atom. The minimum absolute atomic E-state index is 0.254. The van der Waals surface area contributed by atoms with E-state index in [-0.39, 0.29) is 11.8 Å². The lowest BCUT2D eigenvalue weighted by atomic mass is 9.66. The van der Waals surface area contributed by atoms with Crippen LogP contribution in [0.5, 0.6) is 0 Å². The normalized spacial score (nSPS) is 33.0. The Kier molecular flexibility index (Phi) is 3.30. The number of carbonyl (C=O) groups excluding carboxylic acids is 3. The second-order valence-electron chi connectivity index (χ2n) is 6.75. The van der Waals surface area contributed by atoms with Gasteiger partial charge in [-0.15, -0.1) is 0 Å². The number of rotatable bonds is 2. The van der Waals surface area contributed by atoms with Gasteiger partial charge in [-0.25, -0.2) is 4.79 Å². The molecule has 3 rings (SSSR count). The number of nitrogens with zero attached hydrogens (tertiary/aromatic N) is 1. The molecule has 2 saturated carbocycles. The van der Waals surface area contributed by atoms with E-state index in [1.807, 2.05) is 0 Å². The number of carbonyl (C=O) groups is 3. The first-order valence-corrected chi connectivity index (χ1v) is 7.70. The summed E-state index contributed by atoms with van der Waals surface area (Å²) >= 11 is 0. The third kappa shape index (κ3) is 2.03. The Morgan fingerprint density at radius 3 is 2.55 bits per heavy atom. The van der Waals surface area contributed by atoms with Crippen LogP contribution in [0.4, 0.5) is 4.79 Å². The molecule has 2 unspecified atom stereocenters. The second kappa shape index (κ2) is 4.86. The fraction of sp³-hybridized carbons (Fsp3) is 0.800. The Bertz CT molecular complexity index is 456. The molecule has 3 aliphatic rings. The van der Waals surface area contributed by atoms with Crippen molar-refractivity contribution < 1.29 is 14.4 Å². The topological polar surface area (TPSA) is 66.5 Å². The van der Waals surface area contributed by atoms with E-state index in [4.69, 9.17) is 0 Å². The minimum atomic E-state index is -0.922. The monoisotopic (exact) mass is 278 g/mol. The molecule has 1 N–H and O–H groups in total. The lowest BCUT2D eigenvalue weighted by molar-refractivity contribution is -0.158. The van der Waals surface area contributed by atoms with Crippen molar-refractivity contribution in [1.82, 2.24) is 10.2 Å². The average Bonchev–Trinajstić information content (AvgIpc) is 2.33. The van der Waals surface area contributed by atoms with Gasteiger partial charge in [0.1, 0.15) is 5.41 Å². The van der Waals surface area contributed by atoms with E-state index in [0.717, 1.165) is 19.3 Å². The van der Waals surface area contributed by atoms with Gasteiger partial charge in [0.2, 0.25) is 11.8 Å². The molecule has 0 aromatic carbocycles. The third-order valence-electron chi connectivity index (χ3n) is 5.25. The van der Waals surface area contributed by atoms with Crippen LogP contribution in [0.3, 0.4) is 0 Å². The molecule has 3 fully saturated rings.